The summed E-state index contributed by atoms with van der Waals surface area (Å²) in [5.41, 5.74) is 4.95. The Kier molecular flexibility index (Phi) is 18.7. The molecular formula is C24H43N5O2. The van der Waals surface area contributed by atoms with Gasteiger partial charge in [-0.25, -0.2) is 0 Å². The molecule has 1 N–H and O–H groups in total. The summed E-state index contributed by atoms with van der Waals surface area (Å²) in [6.45, 7) is 7.63. The minimum absolute atomic E-state index is 0.00468. The third kappa shape index (κ3) is 18.5. The number of nitriles is 1. The molecule has 0 spiro atoms. The second kappa shape index (κ2) is 20.0. The van der Waals surface area contributed by atoms with Gasteiger partial charge < -0.3 is 19.3 Å². The zero-order valence-corrected chi connectivity index (χ0v) is 20.4. The molecule has 7 nitrogen and oxygen atoms in total. The molecule has 1 aromatic carbocycles. The standard InChI is InChI=1S/C14H20N4.C10H23NO2/c1-18(2)12-4-3-11-16-17-14-7-5-13(6-8-14)9-10-15;1-5-12-10(13-6-2)8-7-9-11(3)4/h5-8,11,17H,3-4,9,12H2,1-2H3;10H,5-9H2,1-4H3. The molecule has 0 saturated carbocycles. The molecule has 0 fully saturated rings. The van der Waals surface area contributed by atoms with Crippen LogP contribution in [0.15, 0.2) is 29.4 Å². The molecule has 0 heterocycles. The molecule has 1 rings (SSSR count). The van der Waals surface area contributed by atoms with E-state index in [9.17, 15) is 0 Å². The van der Waals surface area contributed by atoms with Gasteiger partial charge >= 0.3 is 0 Å². The molecule has 0 radical (unpaired) electrons. The van der Waals surface area contributed by atoms with E-state index in [0.717, 1.165) is 63.2 Å². The van der Waals surface area contributed by atoms with Crippen LogP contribution < -0.4 is 5.43 Å². The number of rotatable bonds is 15. The average molecular weight is 434 g/mol. The number of nitrogens with zero attached hydrogens (tertiary/aromatic N) is 4. The number of hydrogen-bond acceptors (Lipinski definition) is 7. The molecule has 0 aliphatic heterocycles. The van der Waals surface area contributed by atoms with Crippen LogP contribution in [0.2, 0.25) is 0 Å². The van der Waals surface area contributed by atoms with Gasteiger partial charge in [0, 0.05) is 19.4 Å². The third-order valence-corrected chi connectivity index (χ3v) is 4.21. The monoisotopic (exact) mass is 433 g/mol. The summed E-state index contributed by atoms with van der Waals surface area (Å²) >= 11 is 0. The highest BCUT2D eigenvalue weighted by Crippen LogP contribution is 2.09. The Morgan fingerprint density at radius 2 is 1.58 bits per heavy atom. The molecule has 7 heteroatoms. The topological polar surface area (TPSA) is 73.1 Å². The predicted molar refractivity (Wildman–Crippen MR) is 130 cm³/mol. The first-order valence-corrected chi connectivity index (χ1v) is 11.2. The lowest BCUT2D eigenvalue weighted by atomic mass is 10.1. The Morgan fingerprint density at radius 1 is 1.00 bits per heavy atom. The van der Waals surface area contributed by atoms with Crippen molar-refractivity contribution < 1.29 is 9.47 Å². The average Bonchev–Trinajstić information content (AvgIpc) is 2.72. The number of hydrazone groups is 1. The summed E-state index contributed by atoms with van der Waals surface area (Å²) < 4.78 is 10.8. The van der Waals surface area contributed by atoms with E-state index in [-0.39, 0.29) is 6.29 Å². The maximum absolute atomic E-state index is 8.56. The first-order valence-electron chi connectivity index (χ1n) is 11.2. The van der Waals surface area contributed by atoms with Crippen molar-refractivity contribution in [3.05, 3.63) is 29.8 Å². The molecule has 0 aliphatic carbocycles. The molecule has 0 saturated heterocycles. The molecule has 0 atom stereocenters. The van der Waals surface area contributed by atoms with Crippen molar-refractivity contribution >= 4 is 11.9 Å². The summed E-state index contributed by atoms with van der Waals surface area (Å²) in [6, 6.07) is 9.87. The molecule has 176 valence electrons. The van der Waals surface area contributed by atoms with Crippen LogP contribution in [0, 0.1) is 11.3 Å². The van der Waals surface area contributed by atoms with Crippen LogP contribution in [0.25, 0.3) is 0 Å². The van der Waals surface area contributed by atoms with Gasteiger partial charge in [-0.3, -0.25) is 5.43 Å². The SMILES string of the molecule is CCOC(CCCN(C)C)OCC.CN(C)CCCC=NNc1ccc(CC#N)cc1. The lowest BCUT2D eigenvalue weighted by Crippen LogP contribution is -2.20. The molecule has 0 unspecified atom stereocenters. The fourth-order valence-corrected chi connectivity index (χ4v) is 2.63. The van der Waals surface area contributed by atoms with Gasteiger partial charge in [-0.1, -0.05) is 12.1 Å². The molecule has 0 amide bonds. The Hall–Kier alpha value is -1.98. The number of unbranched alkanes of at least 4 members (excludes halogenated alkanes) is 1. The van der Waals surface area contributed by atoms with Crippen molar-refractivity contribution in [3.8, 4) is 6.07 Å². The van der Waals surface area contributed by atoms with Gasteiger partial charge in [0.1, 0.15) is 0 Å². The zero-order valence-electron chi connectivity index (χ0n) is 20.4. The maximum Gasteiger partial charge on any atom is 0.157 e. The van der Waals surface area contributed by atoms with Crippen molar-refractivity contribution in [1.82, 2.24) is 9.80 Å². The lowest BCUT2D eigenvalue weighted by Gasteiger charge is -2.17. The van der Waals surface area contributed by atoms with Crippen molar-refractivity contribution in [1.29, 1.82) is 5.26 Å². The molecule has 0 bridgehead atoms. The van der Waals surface area contributed by atoms with Gasteiger partial charge in [-0.05, 0) is 98.5 Å². The fourth-order valence-electron chi connectivity index (χ4n) is 2.63. The normalized spacial score (nSPS) is 11.1. The Bertz CT molecular complexity index is 591. The van der Waals surface area contributed by atoms with Crippen LogP contribution in [-0.2, 0) is 15.9 Å². The van der Waals surface area contributed by atoms with Gasteiger partial charge in [-0.15, -0.1) is 0 Å². The van der Waals surface area contributed by atoms with Crippen LogP contribution in [0.5, 0.6) is 0 Å². The molecule has 0 aliphatic rings. The van der Waals surface area contributed by atoms with Crippen LogP contribution in [0.1, 0.15) is 45.1 Å². The summed E-state index contributed by atoms with van der Waals surface area (Å²) in [6.07, 6.45) is 6.53. The largest absolute Gasteiger partial charge is 0.353 e. The minimum Gasteiger partial charge on any atom is -0.353 e. The summed E-state index contributed by atoms with van der Waals surface area (Å²) in [5.74, 6) is 0. The number of hydrogen-bond donors (Lipinski definition) is 1. The fraction of sp³-hybridized carbons (Fsp3) is 0.667. The number of nitrogens with one attached hydrogen (secondary N) is 1. The highest BCUT2D eigenvalue weighted by atomic mass is 16.7. The van der Waals surface area contributed by atoms with E-state index in [1.165, 1.54) is 0 Å². The Morgan fingerprint density at radius 3 is 2.10 bits per heavy atom. The van der Waals surface area contributed by atoms with E-state index in [4.69, 9.17) is 14.7 Å². The van der Waals surface area contributed by atoms with Crippen molar-refractivity contribution in [3.63, 3.8) is 0 Å². The van der Waals surface area contributed by atoms with Crippen LogP contribution >= 0.6 is 0 Å². The zero-order chi connectivity index (χ0) is 23.3. The van der Waals surface area contributed by atoms with E-state index in [2.05, 4.69) is 54.6 Å². The van der Waals surface area contributed by atoms with Crippen molar-refractivity contribution in [2.75, 3.05) is 59.9 Å². The molecular weight excluding hydrogens is 390 g/mol. The molecule has 31 heavy (non-hydrogen) atoms. The predicted octanol–water partition coefficient (Wildman–Crippen LogP) is 4.22. The Labute approximate surface area is 190 Å². The van der Waals surface area contributed by atoms with Gasteiger partial charge in [0.2, 0.25) is 0 Å². The summed E-state index contributed by atoms with van der Waals surface area (Å²) in [4.78, 5) is 4.34. The smallest absolute Gasteiger partial charge is 0.157 e. The number of ether oxygens (including phenoxy) is 2. The Balaban J connectivity index is 0.000000615. The van der Waals surface area contributed by atoms with Gasteiger partial charge in [0.25, 0.3) is 0 Å². The number of benzene rings is 1. The van der Waals surface area contributed by atoms with Gasteiger partial charge in [-0.2, -0.15) is 10.4 Å². The van der Waals surface area contributed by atoms with E-state index in [0.29, 0.717) is 6.42 Å². The minimum atomic E-state index is -0.00468. The second-order valence-corrected chi connectivity index (χ2v) is 7.69. The van der Waals surface area contributed by atoms with E-state index in [1.54, 1.807) is 0 Å². The first-order chi connectivity index (χ1) is 14.9. The third-order valence-electron chi connectivity index (χ3n) is 4.21. The highest BCUT2D eigenvalue weighted by molar-refractivity contribution is 5.59. The van der Waals surface area contributed by atoms with Crippen LogP contribution in [0.4, 0.5) is 5.69 Å². The number of anilines is 1. The lowest BCUT2D eigenvalue weighted by molar-refractivity contribution is -0.140. The van der Waals surface area contributed by atoms with Crippen LogP contribution in [-0.4, -0.2) is 76.8 Å². The van der Waals surface area contributed by atoms with Gasteiger partial charge in [0.15, 0.2) is 6.29 Å². The van der Waals surface area contributed by atoms with Crippen LogP contribution in [0.3, 0.4) is 0 Å². The van der Waals surface area contributed by atoms with Crippen molar-refractivity contribution in [2.45, 2.75) is 52.2 Å². The maximum atomic E-state index is 8.56. The van der Waals surface area contributed by atoms with E-state index in [1.807, 2.05) is 44.3 Å². The molecule has 1 aromatic rings. The second-order valence-electron chi connectivity index (χ2n) is 7.69. The first kappa shape index (κ1) is 29.0. The van der Waals surface area contributed by atoms with Crippen molar-refractivity contribution in [2.24, 2.45) is 5.10 Å². The highest BCUT2D eigenvalue weighted by Gasteiger charge is 2.06. The van der Waals surface area contributed by atoms with E-state index < -0.39 is 0 Å². The summed E-state index contributed by atoms with van der Waals surface area (Å²) in [5, 5.41) is 12.7. The molecule has 0 aromatic heterocycles. The summed E-state index contributed by atoms with van der Waals surface area (Å²) in [7, 11) is 8.29. The quantitative estimate of drug-likeness (QED) is 0.193. The van der Waals surface area contributed by atoms with Gasteiger partial charge in [0.05, 0.1) is 18.2 Å². The van der Waals surface area contributed by atoms with E-state index >= 15 is 0 Å².